The summed E-state index contributed by atoms with van der Waals surface area (Å²) >= 11 is 0.921. The van der Waals surface area contributed by atoms with Crippen LogP contribution in [0.1, 0.15) is 38.8 Å². The van der Waals surface area contributed by atoms with Crippen LogP contribution in [0.3, 0.4) is 0 Å². The summed E-state index contributed by atoms with van der Waals surface area (Å²) in [5.41, 5.74) is 6.12. The van der Waals surface area contributed by atoms with Crippen LogP contribution < -0.4 is 16.4 Å². The third-order valence-corrected chi connectivity index (χ3v) is 4.26. The van der Waals surface area contributed by atoms with Gasteiger partial charge in [-0.3, -0.25) is 9.59 Å². The Morgan fingerprint density at radius 1 is 1.36 bits per heavy atom. The molecule has 0 aromatic carbocycles. The SMILES string of the molecule is Nc1c(C(=O)NCC2CC2)nsc1C(=O)NCc1ccco1. The zero-order valence-corrected chi connectivity index (χ0v) is 12.6. The zero-order chi connectivity index (χ0) is 15.5. The number of hydrogen-bond donors (Lipinski definition) is 3. The molecule has 0 spiro atoms. The van der Waals surface area contributed by atoms with Crippen molar-refractivity contribution in [2.45, 2.75) is 19.4 Å². The van der Waals surface area contributed by atoms with Gasteiger partial charge < -0.3 is 20.8 Å². The Balaban J connectivity index is 1.61. The Labute approximate surface area is 131 Å². The smallest absolute Gasteiger partial charge is 0.273 e. The molecule has 0 atom stereocenters. The van der Waals surface area contributed by atoms with Gasteiger partial charge in [-0.2, -0.15) is 4.37 Å². The molecule has 1 aliphatic rings. The van der Waals surface area contributed by atoms with E-state index in [0.29, 0.717) is 18.2 Å². The number of rotatable bonds is 6. The van der Waals surface area contributed by atoms with E-state index in [1.807, 2.05) is 0 Å². The molecule has 4 N–H and O–H groups in total. The lowest BCUT2D eigenvalue weighted by atomic mass is 10.2. The molecule has 0 saturated heterocycles. The van der Waals surface area contributed by atoms with E-state index in [2.05, 4.69) is 15.0 Å². The standard InChI is InChI=1S/C14H16N4O3S/c15-10-11(13(19)16-6-8-3-4-8)18-22-12(10)14(20)17-7-9-2-1-5-21-9/h1-2,5,8H,3-4,6-7,15H2,(H,16,19)(H,17,20). The fraction of sp³-hybridized carbons (Fsp3) is 0.357. The molecule has 2 amide bonds. The molecule has 8 heteroatoms. The van der Waals surface area contributed by atoms with Gasteiger partial charge in [0, 0.05) is 6.54 Å². The van der Waals surface area contributed by atoms with Gasteiger partial charge in [-0.05, 0) is 42.4 Å². The van der Waals surface area contributed by atoms with Crippen molar-refractivity contribution in [2.75, 3.05) is 12.3 Å². The van der Waals surface area contributed by atoms with Crippen molar-refractivity contribution in [3.8, 4) is 0 Å². The van der Waals surface area contributed by atoms with Gasteiger partial charge in [-0.15, -0.1) is 0 Å². The van der Waals surface area contributed by atoms with Crippen LogP contribution in [0.5, 0.6) is 0 Å². The van der Waals surface area contributed by atoms with E-state index in [9.17, 15) is 9.59 Å². The number of anilines is 1. The Morgan fingerprint density at radius 3 is 2.86 bits per heavy atom. The first kappa shape index (κ1) is 14.6. The summed E-state index contributed by atoms with van der Waals surface area (Å²) in [5, 5.41) is 5.47. The molecule has 2 heterocycles. The highest BCUT2D eigenvalue weighted by atomic mass is 32.1. The van der Waals surface area contributed by atoms with Crippen LogP contribution in [0.25, 0.3) is 0 Å². The van der Waals surface area contributed by atoms with Crippen LogP contribution in [0.2, 0.25) is 0 Å². The maximum absolute atomic E-state index is 12.1. The molecule has 2 aromatic rings. The van der Waals surface area contributed by atoms with E-state index < -0.39 is 0 Å². The van der Waals surface area contributed by atoms with Crippen molar-refractivity contribution in [3.05, 3.63) is 34.7 Å². The Hall–Kier alpha value is -2.35. The number of nitrogens with one attached hydrogen (secondary N) is 2. The number of carbonyl (C=O) groups is 2. The summed E-state index contributed by atoms with van der Waals surface area (Å²) in [6.07, 6.45) is 3.82. The summed E-state index contributed by atoms with van der Waals surface area (Å²) in [6, 6.07) is 3.50. The normalized spacial score (nSPS) is 13.8. The van der Waals surface area contributed by atoms with Gasteiger partial charge in [0.25, 0.3) is 11.8 Å². The van der Waals surface area contributed by atoms with Crippen LogP contribution in [0.15, 0.2) is 22.8 Å². The number of nitrogen functional groups attached to an aromatic ring is 1. The van der Waals surface area contributed by atoms with Crippen LogP contribution in [-0.2, 0) is 6.54 Å². The monoisotopic (exact) mass is 320 g/mol. The highest BCUT2D eigenvalue weighted by Gasteiger charge is 2.25. The number of furan rings is 1. The first-order chi connectivity index (χ1) is 10.6. The van der Waals surface area contributed by atoms with Gasteiger partial charge in [0.05, 0.1) is 18.5 Å². The number of nitrogens with two attached hydrogens (primary N) is 1. The number of amides is 2. The molecule has 0 aliphatic heterocycles. The van der Waals surface area contributed by atoms with Crippen LogP contribution in [0, 0.1) is 5.92 Å². The second-order valence-corrected chi connectivity index (χ2v) is 5.96. The zero-order valence-electron chi connectivity index (χ0n) is 11.8. The minimum absolute atomic E-state index is 0.119. The summed E-state index contributed by atoms with van der Waals surface area (Å²) < 4.78 is 9.13. The van der Waals surface area contributed by atoms with Crippen molar-refractivity contribution < 1.29 is 14.0 Å². The Bertz CT molecular complexity index is 676. The number of hydrogen-bond acceptors (Lipinski definition) is 6. The van der Waals surface area contributed by atoms with Gasteiger partial charge in [-0.1, -0.05) is 0 Å². The average molecular weight is 320 g/mol. The van der Waals surface area contributed by atoms with Crippen LogP contribution in [0.4, 0.5) is 5.69 Å². The highest BCUT2D eigenvalue weighted by Crippen LogP contribution is 2.28. The Morgan fingerprint density at radius 2 is 2.18 bits per heavy atom. The van der Waals surface area contributed by atoms with Gasteiger partial charge in [0.1, 0.15) is 10.6 Å². The number of aromatic nitrogens is 1. The third kappa shape index (κ3) is 3.28. The molecule has 0 unspecified atom stereocenters. The van der Waals surface area contributed by atoms with E-state index in [-0.39, 0.29) is 34.6 Å². The van der Waals surface area contributed by atoms with Gasteiger partial charge in [0.2, 0.25) is 0 Å². The second-order valence-electron chi connectivity index (χ2n) is 5.19. The molecule has 0 bridgehead atoms. The van der Waals surface area contributed by atoms with E-state index in [1.165, 1.54) is 6.26 Å². The molecule has 0 radical (unpaired) electrons. The van der Waals surface area contributed by atoms with E-state index in [4.69, 9.17) is 10.2 Å². The fourth-order valence-corrected chi connectivity index (χ4v) is 2.64. The molecule has 22 heavy (non-hydrogen) atoms. The summed E-state index contributed by atoms with van der Waals surface area (Å²) in [7, 11) is 0. The summed E-state index contributed by atoms with van der Waals surface area (Å²) in [4.78, 5) is 24.3. The van der Waals surface area contributed by atoms with Crippen molar-refractivity contribution in [2.24, 2.45) is 5.92 Å². The molecule has 2 aromatic heterocycles. The maximum atomic E-state index is 12.1. The Kier molecular flexibility index (Phi) is 4.10. The molecule has 1 fully saturated rings. The summed E-state index contributed by atoms with van der Waals surface area (Å²) in [6.45, 7) is 0.891. The molecular formula is C14H16N4O3S. The first-order valence-corrected chi connectivity index (χ1v) is 7.76. The predicted octanol–water partition coefficient (Wildman–Crippen LogP) is 1.39. The molecule has 116 valence electrons. The molecule has 7 nitrogen and oxygen atoms in total. The number of nitrogens with zero attached hydrogens (tertiary/aromatic N) is 1. The molecule has 3 rings (SSSR count). The maximum Gasteiger partial charge on any atom is 0.273 e. The lowest BCUT2D eigenvalue weighted by Gasteiger charge is -2.03. The lowest BCUT2D eigenvalue weighted by molar-refractivity contribution is 0.0947. The van der Waals surface area contributed by atoms with Crippen LogP contribution >= 0.6 is 11.5 Å². The highest BCUT2D eigenvalue weighted by molar-refractivity contribution is 7.09. The largest absolute Gasteiger partial charge is 0.467 e. The minimum atomic E-state index is -0.368. The van der Waals surface area contributed by atoms with E-state index in [0.717, 1.165) is 24.4 Å². The molecule has 1 saturated carbocycles. The van der Waals surface area contributed by atoms with Gasteiger partial charge in [-0.25, -0.2) is 0 Å². The topological polar surface area (TPSA) is 110 Å². The van der Waals surface area contributed by atoms with Crippen molar-refractivity contribution in [3.63, 3.8) is 0 Å². The summed E-state index contributed by atoms with van der Waals surface area (Å²) in [5.74, 6) is 0.511. The fourth-order valence-electron chi connectivity index (χ4n) is 1.93. The minimum Gasteiger partial charge on any atom is -0.467 e. The van der Waals surface area contributed by atoms with Crippen molar-refractivity contribution in [1.82, 2.24) is 15.0 Å². The van der Waals surface area contributed by atoms with Crippen LogP contribution in [-0.4, -0.2) is 22.7 Å². The van der Waals surface area contributed by atoms with E-state index >= 15 is 0 Å². The second kappa shape index (κ2) is 6.18. The van der Waals surface area contributed by atoms with Gasteiger partial charge in [0.15, 0.2) is 5.69 Å². The lowest BCUT2D eigenvalue weighted by Crippen LogP contribution is -2.27. The quantitative estimate of drug-likeness (QED) is 0.745. The first-order valence-electron chi connectivity index (χ1n) is 6.99. The van der Waals surface area contributed by atoms with Gasteiger partial charge >= 0.3 is 0 Å². The van der Waals surface area contributed by atoms with Crippen molar-refractivity contribution >= 4 is 29.0 Å². The molecule has 1 aliphatic carbocycles. The molecular weight excluding hydrogens is 304 g/mol. The average Bonchev–Trinajstić information content (AvgIpc) is 3.03. The number of carbonyl (C=O) groups excluding carboxylic acids is 2. The predicted molar refractivity (Wildman–Crippen MR) is 81.5 cm³/mol. The van der Waals surface area contributed by atoms with E-state index in [1.54, 1.807) is 12.1 Å². The van der Waals surface area contributed by atoms with Crippen molar-refractivity contribution in [1.29, 1.82) is 0 Å². The third-order valence-electron chi connectivity index (χ3n) is 3.40.